The van der Waals surface area contributed by atoms with E-state index in [1.54, 1.807) is 0 Å². The molecule has 150 valence electrons. The van der Waals surface area contributed by atoms with Gasteiger partial charge in [0.05, 0.1) is 11.5 Å². The van der Waals surface area contributed by atoms with Gasteiger partial charge in [0.25, 0.3) is 0 Å². The van der Waals surface area contributed by atoms with Crippen molar-refractivity contribution in [3.05, 3.63) is 33.8 Å². The molecule has 2 aromatic rings. The summed E-state index contributed by atoms with van der Waals surface area (Å²) in [5.74, 6) is -0.819. The van der Waals surface area contributed by atoms with Gasteiger partial charge in [-0.25, -0.2) is 0 Å². The van der Waals surface area contributed by atoms with Crippen molar-refractivity contribution in [2.24, 2.45) is 0 Å². The van der Waals surface area contributed by atoms with Gasteiger partial charge in [0.2, 0.25) is 0 Å². The maximum Gasteiger partial charge on any atom is 0.387 e. The summed E-state index contributed by atoms with van der Waals surface area (Å²) in [7, 11) is 0. The van der Waals surface area contributed by atoms with E-state index in [9.17, 15) is 22.8 Å². The van der Waals surface area contributed by atoms with Gasteiger partial charge in [-0.05, 0) is 50.3 Å². The minimum absolute atomic E-state index is 0.186. The van der Waals surface area contributed by atoms with Gasteiger partial charge in [-0.1, -0.05) is 6.07 Å². The van der Waals surface area contributed by atoms with E-state index >= 15 is 0 Å². The van der Waals surface area contributed by atoms with Crippen LogP contribution in [0.25, 0.3) is 0 Å². The third-order valence-corrected chi connectivity index (χ3v) is 5.87. The van der Waals surface area contributed by atoms with Gasteiger partial charge in [0.15, 0.2) is 11.5 Å². The summed E-state index contributed by atoms with van der Waals surface area (Å²) >= 11 is 1.52. The van der Waals surface area contributed by atoms with Gasteiger partial charge in [0, 0.05) is 5.92 Å². The maximum atomic E-state index is 12.7. The monoisotopic (exact) mass is 415 g/mol. The number of halogens is 4. The predicted octanol–water partition coefficient (Wildman–Crippen LogP) is 5.17. The van der Waals surface area contributed by atoms with Crippen molar-refractivity contribution in [1.82, 2.24) is 10.2 Å². The summed E-state index contributed by atoms with van der Waals surface area (Å²) in [6, 6.07) is 6.07. The Kier molecular flexibility index (Phi) is 6.03. The zero-order valence-electron chi connectivity index (χ0n) is 14.9. The first-order valence-corrected chi connectivity index (χ1v) is 9.40. The molecule has 5 nitrogen and oxygen atoms in total. The molecule has 0 amide bonds. The number of hydrogen-bond acceptors (Lipinski definition) is 6. The quantitative estimate of drug-likeness (QED) is 0.609. The highest BCUT2D eigenvalue weighted by Crippen LogP contribution is 2.47. The topological polar surface area (TPSA) is 68.0 Å². The van der Waals surface area contributed by atoms with Crippen molar-refractivity contribution in [3.8, 4) is 17.6 Å². The molecule has 1 fully saturated rings. The largest absolute Gasteiger partial charge is 0.431 e. The van der Waals surface area contributed by atoms with Gasteiger partial charge in [-0.3, -0.25) is 0 Å². The summed E-state index contributed by atoms with van der Waals surface area (Å²) in [4.78, 5) is 0. The Hall–Kier alpha value is -2.41. The third-order valence-electron chi connectivity index (χ3n) is 4.87. The Labute approximate surface area is 162 Å². The molecule has 28 heavy (non-hydrogen) atoms. The van der Waals surface area contributed by atoms with Gasteiger partial charge >= 0.3 is 13.2 Å². The summed E-state index contributed by atoms with van der Waals surface area (Å²) in [5, 5.41) is 19.8. The summed E-state index contributed by atoms with van der Waals surface area (Å²) < 4.78 is 59.0. The molecule has 10 heteroatoms. The zero-order valence-corrected chi connectivity index (χ0v) is 15.7. The fourth-order valence-corrected chi connectivity index (χ4v) is 4.35. The first-order chi connectivity index (χ1) is 13.3. The molecule has 1 aliphatic carbocycles. The molecule has 1 heterocycles. The Morgan fingerprint density at radius 3 is 2.29 bits per heavy atom. The van der Waals surface area contributed by atoms with E-state index in [2.05, 4.69) is 25.7 Å². The van der Waals surface area contributed by atoms with Gasteiger partial charge in [0.1, 0.15) is 10.0 Å². The molecule has 1 aromatic heterocycles. The smallest absolute Gasteiger partial charge is 0.387 e. The molecular formula is C18H17F4N3O2S. The number of benzene rings is 1. The lowest BCUT2D eigenvalue weighted by atomic mass is 9.67. The van der Waals surface area contributed by atoms with Crippen LogP contribution < -0.4 is 9.47 Å². The number of nitrogens with zero attached hydrogens (tertiary/aromatic N) is 3. The van der Waals surface area contributed by atoms with Crippen molar-refractivity contribution < 1.29 is 27.0 Å². The van der Waals surface area contributed by atoms with Crippen molar-refractivity contribution >= 4 is 11.3 Å². The van der Waals surface area contributed by atoms with Crippen molar-refractivity contribution in [2.75, 3.05) is 0 Å². The molecule has 0 radical (unpaired) electrons. The number of ether oxygens (including phenoxy) is 2. The number of hydrogen-bond donors (Lipinski definition) is 0. The lowest BCUT2D eigenvalue weighted by molar-refractivity contribution is -0.0693. The SMILES string of the molecule is Cc1nnc([C@H]2CC[C@](C#N)(c3ccc(OC(F)F)c(OC(F)F)c3)CC2)s1. The highest BCUT2D eigenvalue weighted by atomic mass is 32.1. The Bertz CT molecular complexity index is 861. The highest BCUT2D eigenvalue weighted by Gasteiger charge is 2.39. The summed E-state index contributed by atoms with van der Waals surface area (Å²) in [6.07, 6.45) is 2.33. The molecular weight excluding hydrogens is 398 g/mol. The van der Waals surface area contributed by atoms with Gasteiger partial charge in [-0.2, -0.15) is 22.8 Å². The van der Waals surface area contributed by atoms with Crippen molar-refractivity contribution in [2.45, 2.75) is 57.2 Å². The van der Waals surface area contributed by atoms with E-state index in [-0.39, 0.29) is 5.92 Å². The van der Waals surface area contributed by atoms with Crippen LogP contribution in [-0.4, -0.2) is 23.4 Å². The minimum atomic E-state index is -3.20. The van der Waals surface area contributed by atoms with E-state index < -0.39 is 30.1 Å². The molecule has 0 saturated heterocycles. The molecule has 0 atom stereocenters. The van der Waals surface area contributed by atoms with E-state index in [0.29, 0.717) is 31.2 Å². The fraction of sp³-hybridized carbons (Fsp3) is 0.500. The molecule has 0 unspecified atom stereocenters. The lowest BCUT2D eigenvalue weighted by Crippen LogP contribution is -2.30. The van der Waals surface area contributed by atoms with Crippen molar-refractivity contribution in [3.63, 3.8) is 0 Å². The predicted molar refractivity (Wildman–Crippen MR) is 92.9 cm³/mol. The molecule has 1 aliphatic rings. The van der Waals surface area contributed by atoms with Gasteiger partial charge < -0.3 is 9.47 Å². The number of nitriles is 1. The number of alkyl halides is 4. The Morgan fingerprint density at radius 2 is 1.75 bits per heavy atom. The van der Waals surface area contributed by atoms with E-state index in [1.165, 1.54) is 23.5 Å². The Morgan fingerprint density at radius 1 is 1.11 bits per heavy atom. The summed E-state index contributed by atoms with van der Waals surface area (Å²) in [5.41, 5.74) is -0.473. The molecule has 3 rings (SSSR count). The van der Waals surface area contributed by atoms with E-state index in [4.69, 9.17) is 0 Å². The van der Waals surface area contributed by atoms with Crippen molar-refractivity contribution in [1.29, 1.82) is 5.26 Å². The normalized spacial score (nSPS) is 22.3. The van der Waals surface area contributed by atoms with Crippen LogP contribution in [0.1, 0.15) is 47.2 Å². The lowest BCUT2D eigenvalue weighted by Gasteiger charge is -2.34. The van der Waals surface area contributed by atoms with Crippen LogP contribution in [0.5, 0.6) is 11.5 Å². The van der Waals surface area contributed by atoms with Crippen LogP contribution in [0.3, 0.4) is 0 Å². The van der Waals surface area contributed by atoms with Crippen LogP contribution in [0.15, 0.2) is 18.2 Å². The molecule has 0 bridgehead atoms. The second-order valence-electron chi connectivity index (χ2n) is 6.55. The number of aryl methyl sites for hydroxylation is 1. The number of aromatic nitrogens is 2. The second-order valence-corrected chi connectivity index (χ2v) is 7.76. The van der Waals surface area contributed by atoms with Crippen LogP contribution in [0.4, 0.5) is 17.6 Å². The van der Waals surface area contributed by atoms with Crippen LogP contribution in [0.2, 0.25) is 0 Å². The second kappa shape index (κ2) is 8.31. The first-order valence-electron chi connectivity index (χ1n) is 8.58. The van der Waals surface area contributed by atoms with Crippen LogP contribution in [0, 0.1) is 18.3 Å². The molecule has 1 aromatic carbocycles. The van der Waals surface area contributed by atoms with Crippen LogP contribution >= 0.6 is 11.3 Å². The third kappa shape index (κ3) is 4.35. The van der Waals surface area contributed by atoms with E-state index in [1.807, 2.05) is 6.92 Å². The van der Waals surface area contributed by atoms with Gasteiger partial charge in [-0.15, -0.1) is 21.5 Å². The summed E-state index contributed by atoms with van der Waals surface area (Å²) in [6.45, 7) is -4.51. The Balaban J connectivity index is 1.85. The molecule has 0 N–H and O–H groups in total. The molecule has 0 aliphatic heterocycles. The highest BCUT2D eigenvalue weighted by molar-refractivity contribution is 7.11. The zero-order chi connectivity index (χ0) is 20.3. The number of rotatable bonds is 6. The molecule has 1 saturated carbocycles. The standard InChI is InChI=1S/C18H17F4N3O2S/c1-10-24-25-15(28-10)11-4-6-18(9-23,7-5-11)12-2-3-13(26-16(19)20)14(8-12)27-17(21)22/h2-3,8,11,16-17H,4-7H2,1H3/t11-,18-. The van der Waals surface area contributed by atoms with Crippen LogP contribution in [-0.2, 0) is 5.41 Å². The maximum absolute atomic E-state index is 12.7. The minimum Gasteiger partial charge on any atom is -0.431 e. The average molecular weight is 415 g/mol. The first kappa shape index (κ1) is 20.3. The average Bonchev–Trinajstić information content (AvgIpc) is 3.09. The fourth-order valence-electron chi connectivity index (χ4n) is 3.49. The van der Waals surface area contributed by atoms with E-state index in [0.717, 1.165) is 16.1 Å². The molecule has 0 spiro atoms.